The zero-order valence-electron chi connectivity index (χ0n) is 8.52. The molecule has 0 amide bonds. The molecule has 0 saturated carbocycles. The number of nitrogens with one attached hydrogen (secondary N) is 3. The van der Waals surface area contributed by atoms with E-state index in [1.807, 2.05) is 6.92 Å². The maximum atomic E-state index is 7.03. The number of guanidine groups is 2. The number of aliphatic imine (C=N–C) groups is 1. The molecule has 76 valence electrons. The van der Waals surface area contributed by atoms with Crippen LogP contribution in [0.15, 0.2) is 4.99 Å². The van der Waals surface area contributed by atoms with E-state index in [-0.39, 0.29) is 5.96 Å². The van der Waals surface area contributed by atoms with Crippen LogP contribution in [0.5, 0.6) is 0 Å². The average Bonchev–Trinajstić information content (AvgIpc) is 1.99. The Labute approximate surface area is 79.3 Å². The van der Waals surface area contributed by atoms with Gasteiger partial charge in [-0.3, -0.25) is 15.7 Å². The molecule has 0 aliphatic rings. The quantitative estimate of drug-likeness (QED) is 0.371. The van der Waals surface area contributed by atoms with Crippen LogP contribution in [-0.2, 0) is 0 Å². The van der Waals surface area contributed by atoms with Gasteiger partial charge in [0.1, 0.15) is 0 Å². The minimum atomic E-state index is -0.0940. The normalized spacial score (nSPS) is 11.5. The fraction of sp³-hybridized carbons (Fsp3) is 0.750. The lowest BCUT2D eigenvalue weighted by atomic mass is 10.2. The number of hydrogen-bond donors (Lipinski definition) is 4. The zero-order chi connectivity index (χ0) is 10.3. The minimum Gasteiger partial charge on any atom is -0.370 e. The number of rotatable bonds is 3. The first-order chi connectivity index (χ1) is 6.06. The van der Waals surface area contributed by atoms with Gasteiger partial charge in [0.2, 0.25) is 0 Å². The third-order valence-corrected chi connectivity index (χ3v) is 1.25. The van der Waals surface area contributed by atoms with Crippen molar-refractivity contribution in [3.05, 3.63) is 0 Å². The smallest absolute Gasteiger partial charge is 0.198 e. The van der Waals surface area contributed by atoms with Crippen molar-refractivity contribution < 1.29 is 0 Å². The molecule has 0 aliphatic carbocycles. The van der Waals surface area contributed by atoms with Crippen LogP contribution in [0.2, 0.25) is 0 Å². The summed E-state index contributed by atoms with van der Waals surface area (Å²) in [5.41, 5.74) is 5.18. The van der Waals surface area contributed by atoms with Gasteiger partial charge in [-0.1, -0.05) is 13.8 Å². The van der Waals surface area contributed by atoms with Crippen molar-refractivity contribution in [2.24, 2.45) is 16.6 Å². The van der Waals surface area contributed by atoms with Gasteiger partial charge in [0.15, 0.2) is 11.9 Å². The Kier molecular flexibility index (Phi) is 5.67. The molecule has 0 spiro atoms. The van der Waals surface area contributed by atoms with Crippen LogP contribution in [0, 0.1) is 11.3 Å². The third kappa shape index (κ3) is 7.11. The largest absolute Gasteiger partial charge is 0.370 e. The molecular weight excluding hydrogens is 166 g/mol. The highest BCUT2D eigenvalue weighted by Crippen LogP contribution is 1.86. The highest BCUT2D eigenvalue weighted by molar-refractivity contribution is 5.96. The molecule has 0 bridgehead atoms. The lowest BCUT2D eigenvalue weighted by Gasteiger charge is -2.12. The predicted octanol–water partition coefficient (Wildman–Crippen LogP) is 0.0910. The Morgan fingerprint density at radius 3 is 2.54 bits per heavy atom. The van der Waals surface area contributed by atoms with Crippen LogP contribution in [0.25, 0.3) is 0 Å². The second-order valence-electron chi connectivity index (χ2n) is 3.14. The maximum Gasteiger partial charge on any atom is 0.198 e. The van der Waals surface area contributed by atoms with Gasteiger partial charge in [0.05, 0.1) is 0 Å². The van der Waals surface area contributed by atoms with Gasteiger partial charge >= 0.3 is 0 Å². The van der Waals surface area contributed by atoms with Crippen LogP contribution >= 0.6 is 0 Å². The lowest BCUT2D eigenvalue weighted by Crippen LogP contribution is -2.45. The SMILES string of the molecule is CCN=C(NCC(C)C)NC(=N)N. The molecule has 5 nitrogen and oxygen atoms in total. The number of nitrogens with two attached hydrogens (primary N) is 1. The van der Waals surface area contributed by atoms with E-state index in [0.717, 1.165) is 6.54 Å². The van der Waals surface area contributed by atoms with Crippen molar-refractivity contribution in [2.75, 3.05) is 13.1 Å². The summed E-state index contributed by atoms with van der Waals surface area (Å²) in [7, 11) is 0. The predicted molar refractivity (Wildman–Crippen MR) is 55.9 cm³/mol. The summed E-state index contributed by atoms with van der Waals surface area (Å²) < 4.78 is 0. The molecule has 0 saturated heterocycles. The average molecular weight is 185 g/mol. The van der Waals surface area contributed by atoms with E-state index >= 15 is 0 Å². The molecule has 0 atom stereocenters. The molecule has 0 aromatic carbocycles. The van der Waals surface area contributed by atoms with Crippen LogP contribution in [-0.4, -0.2) is 25.0 Å². The van der Waals surface area contributed by atoms with Crippen LogP contribution in [0.3, 0.4) is 0 Å². The Hall–Kier alpha value is -1.26. The molecule has 0 aromatic heterocycles. The molecule has 0 aliphatic heterocycles. The Morgan fingerprint density at radius 2 is 2.15 bits per heavy atom. The summed E-state index contributed by atoms with van der Waals surface area (Å²) in [4.78, 5) is 4.11. The first-order valence-electron chi connectivity index (χ1n) is 4.45. The van der Waals surface area contributed by atoms with E-state index < -0.39 is 0 Å². The Morgan fingerprint density at radius 1 is 1.54 bits per heavy atom. The molecule has 13 heavy (non-hydrogen) atoms. The third-order valence-electron chi connectivity index (χ3n) is 1.25. The topological polar surface area (TPSA) is 86.3 Å². The van der Waals surface area contributed by atoms with Gasteiger partial charge < -0.3 is 11.1 Å². The van der Waals surface area contributed by atoms with E-state index in [2.05, 4.69) is 29.5 Å². The fourth-order valence-electron chi connectivity index (χ4n) is 0.726. The second kappa shape index (κ2) is 6.28. The number of hydrogen-bond acceptors (Lipinski definition) is 2. The summed E-state index contributed by atoms with van der Waals surface area (Å²) in [5.74, 6) is 1.02. The van der Waals surface area contributed by atoms with Crippen molar-refractivity contribution >= 4 is 11.9 Å². The summed E-state index contributed by atoms with van der Waals surface area (Å²) >= 11 is 0. The van der Waals surface area contributed by atoms with Crippen molar-refractivity contribution in [1.82, 2.24) is 10.6 Å². The van der Waals surface area contributed by atoms with E-state index in [9.17, 15) is 0 Å². The first kappa shape index (κ1) is 11.7. The van der Waals surface area contributed by atoms with Gasteiger partial charge in [-0.05, 0) is 12.8 Å². The molecular formula is C8H19N5. The fourth-order valence-corrected chi connectivity index (χ4v) is 0.726. The molecule has 5 heteroatoms. The van der Waals surface area contributed by atoms with E-state index in [0.29, 0.717) is 18.4 Å². The zero-order valence-corrected chi connectivity index (χ0v) is 8.52. The molecule has 0 fully saturated rings. The Bertz CT molecular complexity index is 185. The Balaban J connectivity index is 3.95. The molecule has 0 unspecified atom stereocenters. The van der Waals surface area contributed by atoms with Gasteiger partial charge in [0.25, 0.3) is 0 Å². The summed E-state index contributed by atoms with van der Waals surface area (Å²) in [6.45, 7) is 7.62. The molecule has 0 rings (SSSR count). The van der Waals surface area contributed by atoms with Crippen LogP contribution in [0.4, 0.5) is 0 Å². The van der Waals surface area contributed by atoms with E-state index in [1.54, 1.807) is 0 Å². The van der Waals surface area contributed by atoms with Crippen LogP contribution < -0.4 is 16.4 Å². The molecule has 0 heterocycles. The van der Waals surface area contributed by atoms with Crippen molar-refractivity contribution in [3.8, 4) is 0 Å². The van der Waals surface area contributed by atoms with Gasteiger partial charge in [-0.15, -0.1) is 0 Å². The number of nitrogens with zero attached hydrogens (tertiary/aromatic N) is 1. The second-order valence-corrected chi connectivity index (χ2v) is 3.14. The minimum absolute atomic E-state index is 0.0940. The van der Waals surface area contributed by atoms with Gasteiger partial charge in [-0.2, -0.15) is 0 Å². The van der Waals surface area contributed by atoms with Gasteiger partial charge in [0, 0.05) is 13.1 Å². The highest BCUT2D eigenvalue weighted by Gasteiger charge is 1.99. The monoisotopic (exact) mass is 185 g/mol. The van der Waals surface area contributed by atoms with Gasteiger partial charge in [-0.25, -0.2) is 0 Å². The summed E-state index contributed by atoms with van der Waals surface area (Å²) in [6, 6.07) is 0. The molecule has 5 N–H and O–H groups in total. The van der Waals surface area contributed by atoms with E-state index in [4.69, 9.17) is 11.1 Å². The molecule has 0 radical (unpaired) electrons. The molecule has 0 aromatic rings. The van der Waals surface area contributed by atoms with Crippen molar-refractivity contribution in [1.29, 1.82) is 5.41 Å². The first-order valence-corrected chi connectivity index (χ1v) is 4.45. The highest BCUT2D eigenvalue weighted by atomic mass is 15.2. The van der Waals surface area contributed by atoms with Crippen LogP contribution in [0.1, 0.15) is 20.8 Å². The van der Waals surface area contributed by atoms with E-state index in [1.165, 1.54) is 0 Å². The van der Waals surface area contributed by atoms with Crippen molar-refractivity contribution in [2.45, 2.75) is 20.8 Å². The van der Waals surface area contributed by atoms with Crippen molar-refractivity contribution in [3.63, 3.8) is 0 Å². The summed E-state index contributed by atoms with van der Waals surface area (Å²) in [6.07, 6.45) is 0. The maximum absolute atomic E-state index is 7.03. The summed E-state index contributed by atoms with van der Waals surface area (Å²) in [5, 5.41) is 12.7. The lowest BCUT2D eigenvalue weighted by molar-refractivity contribution is 0.619. The standard InChI is InChI=1S/C8H19N5/c1-4-11-8(13-7(9)10)12-5-6(2)3/h6H,4-5H2,1-3H3,(H5,9,10,11,12,13).